The first-order valence-electron chi connectivity index (χ1n) is 9.36. The number of halogens is 1. The molecule has 0 amide bonds. The van der Waals surface area contributed by atoms with E-state index in [9.17, 15) is 4.79 Å². The van der Waals surface area contributed by atoms with E-state index >= 15 is 0 Å². The molecule has 2 bridgehead atoms. The van der Waals surface area contributed by atoms with Crippen molar-refractivity contribution in [3.8, 4) is 12.0 Å². The zero-order valence-electron chi connectivity index (χ0n) is 16.8. The predicted octanol–water partition coefficient (Wildman–Crippen LogP) is 3.08. The monoisotopic (exact) mass is 431 g/mol. The molecule has 0 saturated carbocycles. The summed E-state index contributed by atoms with van der Waals surface area (Å²) in [5.41, 5.74) is 0.0857. The van der Waals surface area contributed by atoms with Crippen LogP contribution in [0.3, 0.4) is 0 Å². The van der Waals surface area contributed by atoms with Crippen LogP contribution < -0.4 is 9.80 Å². The SMILES string of the molecule is CN(C)c1cc2c(N(C#Cc3ccccc3)C34C=CC(=CC3=O)O4)ncnc2cn1.Cl. The fourth-order valence-electron chi connectivity index (χ4n) is 3.41. The third-order valence-corrected chi connectivity index (χ3v) is 4.95. The van der Waals surface area contributed by atoms with Gasteiger partial charge < -0.3 is 9.64 Å². The molecule has 154 valence electrons. The van der Waals surface area contributed by atoms with Gasteiger partial charge in [-0.05, 0) is 36.3 Å². The molecular weight excluding hydrogens is 414 g/mol. The van der Waals surface area contributed by atoms with Gasteiger partial charge in [0.2, 0.25) is 5.78 Å². The zero-order valence-corrected chi connectivity index (χ0v) is 17.6. The highest BCUT2D eigenvalue weighted by molar-refractivity contribution is 6.07. The first kappa shape index (κ1) is 20.4. The molecule has 0 spiro atoms. The van der Waals surface area contributed by atoms with Crippen molar-refractivity contribution < 1.29 is 9.53 Å². The molecule has 2 aliphatic heterocycles. The summed E-state index contributed by atoms with van der Waals surface area (Å²) >= 11 is 0. The van der Waals surface area contributed by atoms with Gasteiger partial charge in [-0.3, -0.25) is 4.79 Å². The number of hydrogen-bond acceptors (Lipinski definition) is 7. The van der Waals surface area contributed by atoms with Gasteiger partial charge in [0, 0.05) is 37.2 Å². The minimum Gasteiger partial charge on any atom is -0.455 e. The summed E-state index contributed by atoms with van der Waals surface area (Å²) in [6.45, 7) is 0. The Kier molecular flexibility index (Phi) is 5.09. The van der Waals surface area contributed by atoms with E-state index in [-0.39, 0.29) is 18.2 Å². The number of rotatable bonds is 3. The molecule has 5 rings (SSSR count). The molecule has 1 atom stereocenters. The number of hydrogen-bond donors (Lipinski definition) is 0. The van der Waals surface area contributed by atoms with Gasteiger partial charge in [-0.25, -0.2) is 19.9 Å². The quantitative estimate of drug-likeness (QED) is 0.466. The number of anilines is 2. The zero-order chi connectivity index (χ0) is 20.7. The number of carbonyl (C=O) groups excluding carboxylic acids is 1. The van der Waals surface area contributed by atoms with Crippen molar-refractivity contribution in [2.75, 3.05) is 23.9 Å². The van der Waals surface area contributed by atoms with E-state index in [1.165, 1.54) is 12.4 Å². The minimum absolute atomic E-state index is 0. The van der Waals surface area contributed by atoms with Crippen molar-refractivity contribution >= 4 is 40.7 Å². The third-order valence-electron chi connectivity index (χ3n) is 4.95. The Bertz CT molecular complexity index is 1290. The highest BCUT2D eigenvalue weighted by Gasteiger charge is 2.52. The number of nitrogens with zero attached hydrogens (tertiary/aromatic N) is 5. The second kappa shape index (κ2) is 7.74. The maximum Gasteiger partial charge on any atom is 0.278 e. The molecule has 7 nitrogen and oxygen atoms in total. The Morgan fingerprint density at radius 3 is 2.58 bits per heavy atom. The first-order chi connectivity index (χ1) is 14.6. The van der Waals surface area contributed by atoms with E-state index in [1.807, 2.05) is 55.4 Å². The van der Waals surface area contributed by atoms with Gasteiger partial charge >= 0.3 is 0 Å². The van der Waals surface area contributed by atoms with Crippen LogP contribution in [0.4, 0.5) is 11.6 Å². The molecular formula is C23H18ClN5O2. The molecule has 4 heterocycles. The number of pyridine rings is 1. The van der Waals surface area contributed by atoms with Gasteiger partial charge in [-0.2, -0.15) is 0 Å². The lowest BCUT2D eigenvalue weighted by Crippen LogP contribution is -2.49. The molecule has 2 aromatic heterocycles. The molecule has 1 unspecified atom stereocenters. The summed E-state index contributed by atoms with van der Waals surface area (Å²) in [7, 11) is 3.81. The number of ether oxygens (including phenoxy) is 1. The number of carbonyl (C=O) groups is 1. The average Bonchev–Trinajstić information content (AvgIpc) is 3.32. The topological polar surface area (TPSA) is 71.5 Å². The molecule has 8 heteroatoms. The van der Waals surface area contributed by atoms with Crippen LogP contribution in [-0.2, 0) is 9.53 Å². The Morgan fingerprint density at radius 1 is 1.10 bits per heavy atom. The standard InChI is InChI=1S/C23H17N5O2.ClH/c1-27(2)21-13-18-19(14-24-21)25-15-26-22(18)28(11-9-16-6-4-3-5-7-16)23-10-8-17(30-23)12-20(23)29;/h3-8,10,12-15H,1-2H3;1H. The first-order valence-corrected chi connectivity index (χ1v) is 9.36. The van der Waals surface area contributed by atoms with E-state index in [1.54, 1.807) is 23.2 Å². The summed E-state index contributed by atoms with van der Waals surface area (Å²) in [4.78, 5) is 29.6. The van der Waals surface area contributed by atoms with E-state index in [2.05, 4.69) is 26.9 Å². The largest absolute Gasteiger partial charge is 0.455 e. The lowest BCUT2D eigenvalue weighted by atomic mass is 10.0. The number of fused-ring (bicyclic) bond motifs is 3. The normalized spacial score (nSPS) is 18.0. The van der Waals surface area contributed by atoms with Gasteiger partial charge in [-0.15, -0.1) is 12.4 Å². The summed E-state index contributed by atoms with van der Waals surface area (Å²) in [6.07, 6.45) is 8.09. The van der Waals surface area contributed by atoms with E-state index in [0.717, 1.165) is 16.8 Å². The lowest BCUT2D eigenvalue weighted by molar-refractivity contribution is -0.124. The van der Waals surface area contributed by atoms with Gasteiger partial charge in [-0.1, -0.05) is 18.2 Å². The highest BCUT2D eigenvalue weighted by Crippen LogP contribution is 2.40. The Morgan fingerprint density at radius 2 is 1.90 bits per heavy atom. The van der Waals surface area contributed by atoms with Gasteiger partial charge in [0.05, 0.1) is 11.7 Å². The van der Waals surface area contributed by atoms with Crippen molar-refractivity contribution in [1.29, 1.82) is 0 Å². The average molecular weight is 432 g/mol. The highest BCUT2D eigenvalue weighted by atomic mass is 35.5. The third kappa shape index (κ3) is 3.37. The Balaban J connectivity index is 0.00000231. The maximum absolute atomic E-state index is 12.9. The van der Waals surface area contributed by atoms with E-state index < -0.39 is 5.72 Å². The summed E-state index contributed by atoms with van der Waals surface area (Å²) in [5.74, 6) is 4.65. The number of benzene rings is 1. The number of ketones is 1. The molecule has 0 aliphatic carbocycles. The minimum atomic E-state index is -1.38. The van der Waals surface area contributed by atoms with Crippen molar-refractivity contribution in [2.24, 2.45) is 0 Å². The van der Waals surface area contributed by atoms with Crippen LogP contribution in [0.15, 0.2) is 72.9 Å². The fraction of sp³-hybridized carbons (Fsp3) is 0.130. The second-order valence-electron chi connectivity index (χ2n) is 7.13. The second-order valence-corrected chi connectivity index (χ2v) is 7.13. The van der Waals surface area contributed by atoms with Crippen LogP contribution >= 0.6 is 12.4 Å². The van der Waals surface area contributed by atoms with Crippen LogP contribution in [0.1, 0.15) is 5.56 Å². The molecule has 31 heavy (non-hydrogen) atoms. The molecule has 0 fully saturated rings. The predicted molar refractivity (Wildman–Crippen MR) is 121 cm³/mol. The molecule has 2 aliphatic rings. The summed E-state index contributed by atoms with van der Waals surface area (Å²) < 4.78 is 5.94. The maximum atomic E-state index is 12.9. The van der Waals surface area contributed by atoms with Crippen LogP contribution in [0.2, 0.25) is 0 Å². The van der Waals surface area contributed by atoms with Crippen molar-refractivity contribution in [3.05, 3.63) is 78.5 Å². The van der Waals surface area contributed by atoms with Gasteiger partial charge in [0.25, 0.3) is 5.72 Å². The van der Waals surface area contributed by atoms with Crippen LogP contribution in [0, 0.1) is 12.0 Å². The Labute approximate surface area is 185 Å². The van der Waals surface area contributed by atoms with Crippen LogP contribution in [-0.4, -0.2) is 40.6 Å². The van der Waals surface area contributed by atoms with Crippen molar-refractivity contribution in [3.63, 3.8) is 0 Å². The molecule has 1 aromatic carbocycles. The van der Waals surface area contributed by atoms with Crippen LogP contribution in [0.25, 0.3) is 10.9 Å². The van der Waals surface area contributed by atoms with Crippen LogP contribution in [0.5, 0.6) is 0 Å². The number of aromatic nitrogens is 3. The Hall–Kier alpha value is -3.89. The van der Waals surface area contributed by atoms with Crippen molar-refractivity contribution in [1.82, 2.24) is 15.0 Å². The van der Waals surface area contributed by atoms with E-state index in [4.69, 9.17) is 4.74 Å². The lowest BCUT2D eigenvalue weighted by Gasteiger charge is -2.31. The van der Waals surface area contributed by atoms with Gasteiger partial charge in [0.15, 0.2) is 5.82 Å². The molecule has 0 saturated heterocycles. The molecule has 3 aromatic rings. The van der Waals surface area contributed by atoms with E-state index in [0.29, 0.717) is 17.1 Å². The smallest absolute Gasteiger partial charge is 0.278 e. The molecule has 0 radical (unpaired) electrons. The van der Waals surface area contributed by atoms with Gasteiger partial charge in [0.1, 0.15) is 17.9 Å². The fourth-order valence-corrected chi connectivity index (χ4v) is 3.41. The number of allylic oxidation sites excluding steroid dienone is 1. The summed E-state index contributed by atoms with van der Waals surface area (Å²) in [6, 6.07) is 14.5. The molecule has 0 N–H and O–H groups in total. The van der Waals surface area contributed by atoms with Crippen molar-refractivity contribution in [2.45, 2.75) is 5.72 Å². The summed E-state index contributed by atoms with van der Waals surface area (Å²) in [5, 5.41) is 0.720.